The number of hydrogen-bond donors (Lipinski definition) is 2. The Bertz CT molecular complexity index is 700. The summed E-state index contributed by atoms with van der Waals surface area (Å²) in [4.78, 5) is 11.5. The number of aryl methyl sites for hydroxylation is 2. The summed E-state index contributed by atoms with van der Waals surface area (Å²) < 4.78 is 7.29. The number of aromatic nitrogens is 2. The third kappa shape index (κ3) is 9.11. The summed E-state index contributed by atoms with van der Waals surface area (Å²) in [6, 6.07) is 10.5. The maximum atomic E-state index is 5.11. The van der Waals surface area contributed by atoms with E-state index in [0.29, 0.717) is 6.54 Å². The summed E-state index contributed by atoms with van der Waals surface area (Å²) in [6.07, 6.45) is 5.92. The zero-order chi connectivity index (χ0) is 20.7. The summed E-state index contributed by atoms with van der Waals surface area (Å²) in [5.41, 5.74) is 1.33. The van der Waals surface area contributed by atoms with E-state index in [1.165, 1.54) is 5.56 Å². The van der Waals surface area contributed by atoms with Crippen LogP contribution in [0.3, 0.4) is 0 Å². The third-order valence-electron chi connectivity index (χ3n) is 4.68. The van der Waals surface area contributed by atoms with Gasteiger partial charge in [-0.25, -0.2) is 9.98 Å². The van der Waals surface area contributed by atoms with Crippen LogP contribution in [0, 0.1) is 0 Å². The molecular formula is C22H36N6O. The predicted molar refractivity (Wildman–Crippen MR) is 119 cm³/mol. The average molecular weight is 401 g/mol. The number of nitrogens with zero attached hydrogens (tertiary/aromatic N) is 4. The van der Waals surface area contributed by atoms with Crippen LogP contribution in [0.25, 0.3) is 0 Å². The second kappa shape index (κ2) is 13.7. The highest BCUT2D eigenvalue weighted by Gasteiger charge is 2.05. The lowest BCUT2D eigenvalue weighted by molar-refractivity contribution is 0.180. The molecule has 2 rings (SSSR count). The maximum Gasteiger partial charge on any atom is 0.191 e. The van der Waals surface area contributed by atoms with Gasteiger partial charge >= 0.3 is 0 Å². The number of ether oxygens (including phenoxy) is 1. The molecule has 0 spiro atoms. The van der Waals surface area contributed by atoms with Gasteiger partial charge in [-0.15, -0.1) is 0 Å². The van der Waals surface area contributed by atoms with Crippen molar-refractivity contribution in [3.8, 4) is 0 Å². The molecule has 0 saturated carbocycles. The minimum atomic E-state index is 0.556. The monoisotopic (exact) mass is 400 g/mol. The Kier molecular flexibility index (Phi) is 10.9. The van der Waals surface area contributed by atoms with Crippen molar-refractivity contribution in [1.82, 2.24) is 25.1 Å². The molecule has 0 unspecified atom stereocenters. The number of rotatable bonds is 13. The first-order valence-corrected chi connectivity index (χ1v) is 10.5. The predicted octanol–water partition coefficient (Wildman–Crippen LogP) is 2.15. The molecule has 29 heavy (non-hydrogen) atoms. The van der Waals surface area contributed by atoms with Crippen LogP contribution in [0.2, 0.25) is 0 Å². The largest absolute Gasteiger partial charge is 0.385 e. The van der Waals surface area contributed by atoms with Crippen molar-refractivity contribution in [3.63, 3.8) is 0 Å². The Morgan fingerprint density at radius 2 is 2.03 bits per heavy atom. The van der Waals surface area contributed by atoms with Gasteiger partial charge in [0.15, 0.2) is 5.96 Å². The molecule has 1 heterocycles. The van der Waals surface area contributed by atoms with Gasteiger partial charge in [0, 0.05) is 58.8 Å². The fourth-order valence-corrected chi connectivity index (χ4v) is 3.04. The molecule has 0 radical (unpaired) electrons. The molecule has 0 saturated heterocycles. The summed E-state index contributed by atoms with van der Waals surface area (Å²) >= 11 is 0. The van der Waals surface area contributed by atoms with E-state index >= 15 is 0 Å². The van der Waals surface area contributed by atoms with Crippen LogP contribution in [0.1, 0.15) is 24.7 Å². The quantitative estimate of drug-likeness (QED) is 0.306. The van der Waals surface area contributed by atoms with Crippen molar-refractivity contribution in [2.45, 2.75) is 32.9 Å². The maximum absolute atomic E-state index is 5.11. The molecule has 0 amide bonds. The van der Waals surface area contributed by atoms with E-state index in [9.17, 15) is 0 Å². The standard InChI is InChI=1S/C22H36N6O/c1-4-23-22(25-12-16-27(2)14-8-18-29-3)26-19-21-24-13-17-28(21)15-11-20-9-6-5-7-10-20/h5-7,9-10,13,17H,4,8,11-12,14-16,18-19H2,1-3H3,(H2,23,25,26). The summed E-state index contributed by atoms with van der Waals surface area (Å²) in [7, 11) is 3.87. The normalized spacial score (nSPS) is 11.8. The summed E-state index contributed by atoms with van der Waals surface area (Å²) in [5, 5.41) is 6.72. The summed E-state index contributed by atoms with van der Waals surface area (Å²) in [5.74, 6) is 1.81. The van der Waals surface area contributed by atoms with Gasteiger partial charge in [-0.3, -0.25) is 0 Å². The first-order valence-electron chi connectivity index (χ1n) is 10.5. The molecule has 160 valence electrons. The molecule has 0 fully saturated rings. The van der Waals surface area contributed by atoms with Crippen molar-refractivity contribution < 1.29 is 4.74 Å². The lowest BCUT2D eigenvalue weighted by Gasteiger charge is -2.18. The lowest BCUT2D eigenvalue weighted by Crippen LogP contribution is -2.41. The highest BCUT2D eigenvalue weighted by atomic mass is 16.5. The van der Waals surface area contributed by atoms with E-state index in [2.05, 4.69) is 63.3 Å². The second-order valence-electron chi connectivity index (χ2n) is 7.04. The van der Waals surface area contributed by atoms with Crippen LogP contribution >= 0.6 is 0 Å². The van der Waals surface area contributed by atoms with E-state index in [0.717, 1.165) is 64.0 Å². The van der Waals surface area contributed by atoms with E-state index in [1.807, 2.05) is 18.5 Å². The van der Waals surface area contributed by atoms with Gasteiger partial charge in [-0.2, -0.15) is 0 Å². The Morgan fingerprint density at radius 1 is 1.21 bits per heavy atom. The SMILES string of the molecule is CCNC(=NCc1nccn1CCc1ccccc1)NCCN(C)CCCOC. The molecule has 0 aliphatic carbocycles. The third-order valence-corrected chi connectivity index (χ3v) is 4.68. The van der Waals surface area contributed by atoms with Crippen LogP contribution in [-0.2, 0) is 24.2 Å². The summed E-state index contributed by atoms with van der Waals surface area (Å²) in [6.45, 7) is 8.01. The average Bonchev–Trinajstić information content (AvgIpc) is 3.19. The van der Waals surface area contributed by atoms with Gasteiger partial charge in [-0.1, -0.05) is 30.3 Å². The Hall–Kier alpha value is -2.38. The van der Waals surface area contributed by atoms with Gasteiger partial charge in [0.1, 0.15) is 12.4 Å². The Labute approximate surface area is 175 Å². The lowest BCUT2D eigenvalue weighted by atomic mass is 10.1. The van der Waals surface area contributed by atoms with Crippen molar-refractivity contribution in [3.05, 3.63) is 54.1 Å². The van der Waals surface area contributed by atoms with Gasteiger partial charge in [0.25, 0.3) is 0 Å². The van der Waals surface area contributed by atoms with Gasteiger partial charge in [0.05, 0.1) is 0 Å². The van der Waals surface area contributed by atoms with Gasteiger partial charge in [-0.05, 0) is 32.4 Å². The number of nitrogens with one attached hydrogen (secondary N) is 2. The first-order chi connectivity index (χ1) is 14.2. The van der Waals surface area contributed by atoms with E-state index < -0.39 is 0 Å². The Morgan fingerprint density at radius 3 is 2.79 bits per heavy atom. The molecule has 1 aromatic carbocycles. The van der Waals surface area contributed by atoms with Crippen LogP contribution in [0.15, 0.2) is 47.7 Å². The van der Waals surface area contributed by atoms with E-state index in [-0.39, 0.29) is 0 Å². The fraction of sp³-hybridized carbons (Fsp3) is 0.545. The highest BCUT2D eigenvalue weighted by Crippen LogP contribution is 2.05. The molecule has 0 atom stereocenters. The molecule has 2 aromatic rings. The van der Waals surface area contributed by atoms with Gasteiger partial charge in [0.2, 0.25) is 0 Å². The van der Waals surface area contributed by atoms with Crippen molar-refractivity contribution in [2.24, 2.45) is 4.99 Å². The smallest absolute Gasteiger partial charge is 0.191 e. The van der Waals surface area contributed by atoms with Gasteiger partial charge < -0.3 is 24.8 Å². The fourth-order valence-electron chi connectivity index (χ4n) is 3.04. The van der Waals surface area contributed by atoms with Crippen molar-refractivity contribution in [2.75, 3.05) is 46.9 Å². The molecule has 0 aliphatic heterocycles. The number of guanidine groups is 1. The highest BCUT2D eigenvalue weighted by molar-refractivity contribution is 5.79. The van der Waals surface area contributed by atoms with Crippen LogP contribution in [-0.4, -0.2) is 67.4 Å². The zero-order valence-electron chi connectivity index (χ0n) is 18.1. The number of benzene rings is 1. The van der Waals surface area contributed by atoms with Crippen LogP contribution < -0.4 is 10.6 Å². The number of hydrogen-bond acceptors (Lipinski definition) is 4. The molecular weight excluding hydrogens is 364 g/mol. The topological polar surface area (TPSA) is 66.7 Å². The van der Waals surface area contributed by atoms with Crippen molar-refractivity contribution in [1.29, 1.82) is 0 Å². The molecule has 0 bridgehead atoms. The zero-order valence-corrected chi connectivity index (χ0v) is 18.1. The molecule has 7 heteroatoms. The Balaban J connectivity index is 1.81. The number of imidazole rings is 1. The molecule has 0 aliphatic rings. The number of methoxy groups -OCH3 is 1. The first kappa shape index (κ1) is 22.9. The van der Waals surface area contributed by atoms with E-state index in [4.69, 9.17) is 9.73 Å². The van der Waals surface area contributed by atoms with Crippen LogP contribution in [0.5, 0.6) is 0 Å². The number of likely N-dealkylation sites (N-methyl/N-ethyl adjacent to an activating group) is 1. The van der Waals surface area contributed by atoms with Crippen molar-refractivity contribution >= 4 is 5.96 Å². The molecule has 1 aromatic heterocycles. The minimum absolute atomic E-state index is 0.556. The minimum Gasteiger partial charge on any atom is -0.385 e. The van der Waals surface area contributed by atoms with E-state index in [1.54, 1.807) is 7.11 Å². The molecule has 7 nitrogen and oxygen atoms in total. The molecule has 2 N–H and O–H groups in total. The second-order valence-corrected chi connectivity index (χ2v) is 7.04. The van der Waals surface area contributed by atoms with Crippen LogP contribution in [0.4, 0.5) is 0 Å². The number of aliphatic imine (C=N–C) groups is 1.